The summed E-state index contributed by atoms with van der Waals surface area (Å²) in [5.41, 5.74) is 2.77. The number of aromatic amines is 1. The largest absolute Gasteiger partial charge is 0.358 e. The van der Waals surface area contributed by atoms with Gasteiger partial charge in [0.1, 0.15) is 6.54 Å². The molecule has 2 aromatic rings. The van der Waals surface area contributed by atoms with Crippen molar-refractivity contribution in [2.45, 2.75) is 6.92 Å². The first kappa shape index (κ1) is 13.8. The molecule has 2 heterocycles. The number of amides is 1. The van der Waals surface area contributed by atoms with E-state index in [0.29, 0.717) is 6.54 Å². The van der Waals surface area contributed by atoms with Gasteiger partial charge >= 0.3 is 0 Å². The normalized spacial score (nSPS) is 16.3. The fourth-order valence-corrected chi connectivity index (χ4v) is 3.07. The van der Waals surface area contributed by atoms with E-state index < -0.39 is 0 Å². The maximum Gasteiger partial charge on any atom is 0.219 e. The average molecular weight is 286 g/mol. The minimum absolute atomic E-state index is 0.180. The summed E-state index contributed by atoms with van der Waals surface area (Å²) < 4.78 is 0. The molecule has 0 spiro atoms. The highest BCUT2D eigenvalue weighted by Gasteiger charge is 2.24. The highest BCUT2D eigenvalue weighted by Crippen LogP contribution is 2.21. The van der Waals surface area contributed by atoms with Crippen molar-refractivity contribution in [3.05, 3.63) is 35.5 Å². The summed E-state index contributed by atoms with van der Waals surface area (Å²) in [5, 5.41) is 1.01. The smallest absolute Gasteiger partial charge is 0.219 e. The zero-order chi connectivity index (χ0) is 14.8. The molecule has 0 bridgehead atoms. The first-order valence-electron chi connectivity index (χ1n) is 7.32. The first-order valence-corrected chi connectivity index (χ1v) is 7.32. The summed E-state index contributed by atoms with van der Waals surface area (Å²) in [6, 6.07) is 7.92. The van der Waals surface area contributed by atoms with Crippen LogP contribution in [0.3, 0.4) is 0 Å². The Labute approximate surface area is 123 Å². The fourth-order valence-electron chi connectivity index (χ4n) is 3.07. The second-order valence-corrected chi connectivity index (χ2v) is 5.66. The maximum absolute atomic E-state index is 12.6. The Hall–Kier alpha value is -2.14. The van der Waals surface area contributed by atoms with E-state index in [9.17, 15) is 9.59 Å². The summed E-state index contributed by atoms with van der Waals surface area (Å²) in [6.45, 7) is 5.60. The molecule has 1 fully saturated rings. The molecule has 0 unspecified atom stereocenters. The number of benzene rings is 1. The van der Waals surface area contributed by atoms with Gasteiger partial charge in [-0.15, -0.1) is 0 Å². The third-order valence-electron chi connectivity index (χ3n) is 4.24. The van der Waals surface area contributed by atoms with Gasteiger partial charge in [0.25, 0.3) is 0 Å². The number of H-pyrrole nitrogens is 1. The van der Waals surface area contributed by atoms with Crippen molar-refractivity contribution in [3.63, 3.8) is 0 Å². The molecule has 1 aromatic carbocycles. The Balaban J connectivity index is 1.76. The number of nitrogens with one attached hydrogen (secondary N) is 2. The minimum atomic E-state index is 0.180. The summed E-state index contributed by atoms with van der Waals surface area (Å²) in [7, 11) is 0. The van der Waals surface area contributed by atoms with E-state index in [-0.39, 0.29) is 5.78 Å². The Morgan fingerprint density at radius 2 is 2.05 bits per heavy atom. The summed E-state index contributed by atoms with van der Waals surface area (Å²) in [6.07, 6.45) is 0.891. The predicted molar refractivity (Wildman–Crippen MR) is 80.6 cm³/mol. The molecule has 5 heteroatoms. The molecular formula is C16H20N3O2+. The maximum atomic E-state index is 12.6. The van der Waals surface area contributed by atoms with Crippen LogP contribution in [0.1, 0.15) is 16.1 Å². The molecule has 0 atom stereocenters. The fraction of sp³-hybridized carbons (Fsp3) is 0.375. The number of ketones is 1. The van der Waals surface area contributed by atoms with Crippen molar-refractivity contribution in [1.29, 1.82) is 0 Å². The molecule has 2 N–H and O–H groups in total. The second-order valence-electron chi connectivity index (χ2n) is 5.66. The van der Waals surface area contributed by atoms with Gasteiger partial charge in [0.2, 0.25) is 12.2 Å². The summed E-state index contributed by atoms with van der Waals surface area (Å²) >= 11 is 0. The molecule has 110 valence electrons. The van der Waals surface area contributed by atoms with E-state index in [1.54, 1.807) is 4.90 Å². The number of aryl methyl sites for hydroxylation is 1. The van der Waals surface area contributed by atoms with Crippen molar-refractivity contribution in [2.75, 3.05) is 32.7 Å². The number of piperazine rings is 1. The number of hydrogen-bond donors (Lipinski definition) is 2. The Morgan fingerprint density at radius 1 is 1.33 bits per heavy atom. The lowest BCUT2D eigenvalue weighted by Gasteiger charge is -2.29. The van der Waals surface area contributed by atoms with Gasteiger partial charge in [-0.25, -0.2) is 0 Å². The predicted octanol–water partition coefficient (Wildman–Crippen LogP) is 0.0159. The Bertz CT molecular complexity index is 669. The molecule has 1 aliphatic heterocycles. The first-order chi connectivity index (χ1) is 10.2. The molecule has 0 radical (unpaired) electrons. The van der Waals surface area contributed by atoms with Gasteiger partial charge in [-0.05, 0) is 13.0 Å². The van der Waals surface area contributed by atoms with Gasteiger partial charge in [0.05, 0.1) is 31.7 Å². The Kier molecular flexibility index (Phi) is 3.75. The van der Waals surface area contributed by atoms with Crippen molar-refractivity contribution in [3.8, 4) is 0 Å². The molecule has 1 aliphatic rings. The molecule has 0 saturated carbocycles. The highest BCUT2D eigenvalue weighted by atomic mass is 16.1. The molecule has 1 amide bonds. The molecule has 3 rings (SSSR count). The van der Waals surface area contributed by atoms with Gasteiger partial charge in [-0.1, -0.05) is 18.2 Å². The zero-order valence-corrected chi connectivity index (χ0v) is 12.2. The SMILES string of the molecule is Cc1[nH]c2ccccc2c1C(=O)C[NH+]1CCN(C=O)CC1. The van der Waals surface area contributed by atoms with E-state index in [4.69, 9.17) is 0 Å². The number of carbonyl (C=O) groups is 2. The number of aromatic nitrogens is 1. The second kappa shape index (κ2) is 5.69. The van der Waals surface area contributed by atoms with Gasteiger partial charge in [-0.2, -0.15) is 0 Å². The van der Waals surface area contributed by atoms with Crippen LogP contribution in [0.25, 0.3) is 10.9 Å². The van der Waals surface area contributed by atoms with Crippen LogP contribution in [0, 0.1) is 6.92 Å². The topological polar surface area (TPSA) is 57.6 Å². The van der Waals surface area contributed by atoms with Crippen molar-refractivity contribution in [2.24, 2.45) is 0 Å². The van der Waals surface area contributed by atoms with Crippen LogP contribution in [-0.4, -0.2) is 54.8 Å². The number of rotatable bonds is 4. The van der Waals surface area contributed by atoms with E-state index >= 15 is 0 Å². The van der Waals surface area contributed by atoms with Crippen LogP contribution in [0.15, 0.2) is 24.3 Å². The van der Waals surface area contributed by atoms with Gasteiger partial charge in [0.15, 0.2) is 0 Å². The third kappa shape index (κ3) is 2.69. The number of nitrogens with zero attached hydrogens (tertiary/aromatic N) is 1. The molecule has 21 heavy (non-hydrogen) atoms. The van der Waals surface area contributed by atoms with E-state index in [2.05, 4.69) is 4.98 Å². The number of Topliss-reactive ketones (excluding diaryl/α,β-unsaturated/α-hetero) is 1. The van der Waals surface area contributed by atoms with Crippen LogP contribution in [0.4, 0.5) is 0 Å². The molecule has 5 nitrogen and oxygen atoms in total. The van der Waals surface area contributed by atoms with Crippen LogP contribution >= 0.6 is 0 Å². The van der Waals surface area contributed by atoms with Gasteiger partial charge in [0, 0.05) is 16.6 Å². The van der Waals surface area contributed by atoms with Crippen LogP contribution in [-0.2, 0) is 4.79 Å². The average Bonchev–Trinajstić information content (AvgIpc) is 2.83. The van der Waals surface area contributed by atoms with Crippen molar-refractivity contribution in [1.82, 2.24) is 9.88 Å². The number of quaternary nitrogens is 1. The molecular weight excluding hydrogens is 266 g/mol. The summed E-state index contributed by atoms with van der Waals surface area (Å²) in [5.74, 6) is 0.180. The van der Waals surface area contributed by atoms with E-state index in [0.717, 1.165) is 54.7 Å². The monoisotopic (exact) mass is 286 g/mol. The van der Waals surface area contributed by atoms with Crippen LogP contribution in [0.2, 0.25) is 0 Å². The molecule has 1 saturated heterocycles. The number of carbonyl (C=O) groups excluding carboxylic acids is 2. The quantitative estimate of drug-likeness (QED) is 0.615. The lowest BCUT2D eigenvalue weighted by molar-refractivity contribution is -0.895. The lowest BCUT2D eigenvalue weighted by atomic mass is 10.1. The molecule has 1 aromatic heterocycles. The lowest BCUT2D eigenvalue weighted by Crippen LogP contribution is -3.15. The zero-order valence-electron chi connectivity index (χ0n) is 12.2. The number of para-hydroxylation sites is 1. The van der Waals surface area contributed by atoms with Gasteiger partial charge < -0.3 is 14.8 Å². The van der Waals surface area contributed by atoms with E-state index in [1.165, 1.54) is 4.90 Å². The highest BCUT2D eigenvalue weighted by molar-refractivity contribution is 6.09. The summed E-state index contributed by atoms with van der Waals surface area (Å²) in [4.78, 5) is 29.6. The third-order valence-corrected chi connectivity index (χ3v) is 4.24. The van der Waals surface area contributed by atoms with Crippen molar-refractivity contribution < 1.29 is 14.5 Å². The number of fused-ring (bicyclic) bond motifs is 1. The van der Waals surface area contributed by atoms with Crippen LogP contribution in [0.5, 0.6) is 0 Å². The Morgan fingerprint density at radius 3 is 2.76 bits per heavy atom. The van der Waals surface area contributed by atoms with Crippen molar-refractivity contribution >= 4 is 23.1 Å². The molecule has 0 aliphatic carbocycles. The van der Waals surface area contributed by atoms with Crippen LogP contribution < -0.4 is 4.90 Å². The minimum Gasteiger partial charge on any atom is -0.358 e. The van der Waals surface area contributed by atoms with E-state index in [1.807, 2.05) is 31.2 Å². The number of hydrogen-bond acceptors (Lipinski definition) is 2. The standard InChI is InChI=1S/C16H19N3O2/c1-12-16(13-4-2-3-5-14(13)17-12)15(21)10-18-6-8-19(11-20)9-7-18/h2-5,11,17H,6-10H2,1H3/p+1. The van der Waals surface area contributed by atoms with Gasteiger partial charge in [-0.3, -0.25) is 9.59 Å².